The molecule has 0 aromatic heterocycles. The average molecular weight is 382 g/mol. The highest BCUT2D eigenvalue weighted by atomic mass is 16.6. The zero-order valence-electron chi connectivity index (χ0n) is 16.0. The summed E-state index contributed by atoms with van der Waals surface area (Å²) in [6, 6.07) is 15.6. The van der Waals surface area contributed by atoms with Gasteiger partial charge in [0.1, 0.15) is 11.5 Å². The van der Waals surface area contributed by atoms with Gasteiger partial charge in [-0.15, -0.1) is 0 Å². The van der Waals surface area contributed by atoms with Crippen LogP contribution >= 0.6 is 0 Å². The summed E-state index contributed by atoms with van der Waals surface area (Å²) in [6.45, 7) is 3.33. The molecule has 0 saturated heterocycles. The zero-order valence-corrected chi connectivity index (χ0v) is 16.0. The quantitative estimate of drug-likeness (QED) is 0.705. The van der Waals surface area contributed by atoms with Gasteiger partial charge in [-0.3, -0.25) is 4.79 Å². The third-order valence-corrected chi connectivity index (χ3v) is 3.92. The number of nitrogens with zero attached hydrogens (tertiary/aromatic N) is 1. The van der Waals surface area contributed by atoms with Crippen molar-refractivity contribution in [3.05, 3.63) is 59.7 Å². The predicted molar refractivity (Wildman–Crippen MR) is 102 cm³/mol. The first-order valence-electron chi connectivity index (χ1n) is 8.71. The van der Waals surface area contributed by atoms with E-state index in [0.29, 0.717) is 17.9 Å². The minimum Gasteiger partial charge on any atom is -0.497 e. The smallest absolute Gasteiger partial charge is 0.347 e. The van der Waals surface area contributed by atoms with Crippen molar-refractivity contribution in [3.63, 3.8) is 0 Å². The second kappa shape index (κ2) is 9.97. The van der Waals surface area contributed by atoms with Gasteiger partial charge in [-0.2, -0.15) is 5.26 Å². The van der Waals surface area contributed by atoms with E-state index in [9.17, 15) is 9.59 Å². The summed E-state index contributed by atoms with van der Waals surface area (Å²) in [7, 11) is 1.58. The molecule has 0 aliphatic heterocycles. The number of carbonyl (C=O) groups excluding carboxylic acids is 2. The first-order valence-corrected chi connectivity index (χ1v) is 8.71. The van der Waals surface area contributed by atoms with Gasteiger partial charge in [-0.1, -0.05) is 12.1 Å². The number of nitriles is 1. The molecule has 28 heavy (non-hydrogen) atoms. The Morgan fingerprint density at radius 2 is 1.61 bits per heavy atom. The number of benzene rings is 2. The predicted octanol–water partition coefficient (Wildman–Crippen LogP) is 2.58. The van der Waals surface area contributed by atoms with Gasteiger partial charge >= 0.3 is 5.97 Å². The molecule has 2 rings (SSSR count). The number of hydrogen-bond donors (Lipinski definition) is 1. The molecule has 1 N–H and O–H groups in total. The summed E-state index contributed by atoms with van der Waals surface area (Å²) >= 11 is 0. The molecule has 1 amide bonds. The summed E-state index contributed by atoms with van der Waals surface area (Å²) in [4.78, 5) is 24.3. The van der Waals surface area contributed by atoms with E-state index in [1.807, 2.05) is 18.2 Å². The Labute approximate surface area is 163 Å². The topological polar surface area (TPSA) is 97.7 Å². The fourth-order valence-corrected chi connectivity index (χ4v) is 2.26. The average Bonchev–Trinajstić information content (AvgIpc) is 2.72. The van der Waals surface area contributed by atoms with E-state index in [-0.39, 0.29) is 0 Å². The van der Waals surface area contributed by atoms with E-state index in [0.717, 1.165) is 11.3 Å². The molecule has 0 heterocycles. The van der Waals surface area contributed by atoms with Crippen molar-refractivity contribution in [3.8, 4) is 17.6 Å². The number of nitrogens with one attached hydrogen (secondary N) is 1. The van der Waals surface area contributed by atoms with Crippen LogP contribution in [-0.2, 0) is 20.9 Å². The minimum absolute atomic E-state index is 0.308. The largest absolute Gasteiger partial charge is 0.497 e. The van der Waals surface area contributed by atoms with E-state index in [2.05, 4.69) is 5.32 Å². The van der Waals surface area contributed by atoms with Gasteiger partial charge in [0.15, 0.2) is 12.2 Å². The maximum Gasteiger partial charge on any atom is 0.347 e. The van der Waals surface area contributed by atoms with Crippen LogP contribution in [0.4, 0.5) is 0 Å². The van der Waals surface area contributed by atoms with E-state index in [1.165, 1.54) is 13.8 Å². The van der Waals surface area contributed by atoms with E-state index >= 15 is 0 Å². The van der Waals surface area contributed by atoms with E-state index < -0.39 is 24.1 Å². The van der Waals surface area contributed by atoms with Crippen LogP contribution in [0.3, 0.4) is 0 Å². The zero-order chi connectivity index (χ0) is 20.5. The second-order valence-corrected chi connectivity index (χ2v) is 6.04. The normalized spacial score (nSPS) is 12.2. The van der Waals surface area contributed by atoms with E-state index in [1.54, 1.807) is 43.5 Å². The number of rotatable bonds is 8. The summed E-state index contributed by atoms with van der Waals surface area (Å²) in [5, 5.41) is 11.5. The van der Waals surface area contributed by atoms with Crippen molar-refractivity contribution < 1.29 is 23.8 Å². The Morgan fingerprint density at radius 1 is 1.00 bits per heavy atom. The number of methoxy groups -OCH3 is 1. The van der Waals surface area contributed by atoms with Crippen molar-refractivity contribution in [2.24, 2.45) is 0 Å². The highest BCUT2D eigenvalue weighted by Crippen LogP contribution is 2.14. The molecule has 7 heteroatoms. The van der Waals surface area contributed by atoms with Crippen LogP contribution in [-0.4, -0.2) is 31.2 Å². The van der Waals surface area contributed by atoms with Crippen molar-refractivity contribution in [1.82, 2.24) is 5.32 Å². The molecule has 0 saturated carbocycles. The molecule has 0 unspecified atom stereocenters. The summed E-state index contributed by atoms with van der Waals surface area (Å²) in [5.41, 5.74) is 1.38. The summed E-state index contributed by atoms with van der Waals surface area (Å²) < 4.78 is 15.7. The molecule has 146 valence electrons. The fourth-order valence-electron chi connectivity index (χ4n) is 2.26. The molecular weight excluding hydrogens is 360 g/mol. The molecule has 7 nitrogen and oxygen atoms in total. The lowest BCUT2D eigenvalue weighted by molar-refractivity contribution is -0.160. The van der Waals surface area contributed by atoms with Crippen LogP contribution < -0.4 is 14.8 Å². The van der Waals surface area contributed by atoms with E-state index in [4.69, 9.17) is 19.5 Å². The molecule has 0 fully saturated rings. The summed E-state index contributed by atoms with van der Waals surface area (Å²) in [6.07, 6.45) is -1.86. The number of hydrogen-bond acceptors (Lipinski definition) is 6. The Balaban J connectivity index is 1.80. The number of carbonyl (C=O) groups is 2. The molecular formula is C21H22N2O5. The first kappa shape index (κ1) is 20.8. The third kappa shape index (κ3) is 6.02. The first-order chi connectivity index (χ1) is 13.4. The van der Waals surface area contributed by atoms with Crippen LogP contribution in [0.2, 0.25) is 0 Å². The standard InChI is InChI=1S/C21H22N2O5/c1-14(20(24)23-13-17-6-8-18(26-3)9-7-17)28-21(25)15(2)27-19-10-4-16(12-22)5-11-19/h4-11,14-15H,13H2,1-3H3,(H,23,24)/t14-,15-/m1/s1. The van der Waals surface area contributed by atoms with Gasteiger partial charge in [0, 0.05) is 6.54 Å². The molecule has 2 aromatic rings. The molecule has 0 bridgehead atoms. The number of esters is 1. The minimum atomic E-state index is -0.960. The number of amides is 1. The maximum absolute atomic E-state index is 12.1. The SMILES string of the molecule is COc1ccc(CNC(=O)[C@@H](C)OC(=O)[C@@H](C)Oc2ccc(C#N)cc2)cc1. The molecule has 0 radical (unpaired) electrons. The van der Waals surface area contributed by atoms with Crippen LogP contribution in [0.1, 0.15) is 25.0 Å². The van der Waals surface area contributed by atoms with Crippen molar-refractivity contribution in [1.29, 1.82) is 5.26 Å². The van der Waals surface area contributed by atoms with Gasteiger partial charge in [0.25, 0.3) is 5.91 Å². The molecule has 0 spiro atoms. The maximum atomic E-state index is 12.1. The third-order valence-electron chi connectivity index (χ3n) is 3.92. The van der Waals surface area contributed by atoms with Crippen LogP contribution in [0.25, 0.3) is 0 Å². The lowest BCUT2D eigenvalue weighted by Crippen LogP contribution is -2.38. The monoisotopic (exact) mass is 382 g/mol. The second-order valence-electron chi connectivity index (χ2n) is 6.04. The highest BCUT2D eigenvalue weighted by Gasteiger charge is 2.23. The lowest BCUT2D eigenvalue weighted by Gasteiger charge is -2.18. The Bertz CT molecular complexity index is 841. The van der Waals surface area contributed by atoms with Gasteiger partial charge < -0.3 is 19.5 Å². The van der Waals surface area contributed by atoms with Crippen molar-refractivity contribution >= 4 is 11.9 Å². The Morgan fingerprint density at radius 3 is 2.18 bits per heavy atom. The molecule has 2 aromatic carbocycles. The number of ether oxygens (including phenoxy) is 3. The van der Waals surface area contributed by atoms with Gasteiger partial charge in [-0.05, 0) is 55.8 Å². The Kier molecular flexibility index (Phi) is 7.40. The highest BCUT2D eigenvalue weighted by molar-refractivity contribution is 5.84. The van der Waals surface area contributed by atoms with Gasteiger partial charge in [0.2, 0.25) is 0 Å². The van der Waals surface area contributed by atoms with Crippen LogP contribution in [0, 0.1) is 11.3 Å². The van der Waals surface area contributed by atoms with Gasteiger partial charge in [-0.25, -0.2) is 4.79 Å². The fraction of sp³-hybridized carbons (Fsp3) is 0.286. The lowest BCUT2D eigenvalue weighted by atomic mass is 10.2. The van der Waals surface area contributed by atoms with Gasteiger partial charge in [0.05, 0.1) is 18.7 Å². The molecule has 2 atom stereocenters. The molecule has 0 aliphatic rings. The van der Waals surface area contributed by atoms with Crippen molar-refractivity contribution in [2.45, 2.75) is 32.6 Å². The molecule has 0 aliphatic carbocycles. The Hall–Kier alpha value is -3.53. The van der Waals surface area contributed by atoms with Crippen LogP contribution in [0.5, 0.6) is 11.5 Å². The van der Waals surface area contributed by atoms with Crippen molar-refractivity contribution in [2.75, 3.05) is 7.11 Å². The summed E-state index contributed by atoms with van der Waals surface area (Å²) in [5.74, 6) is 0.0971. The van der Waals surface area contributed by atoms with Crippen LogP contribution in [0.15, 0.2) is 48.5 Å².